The standard InChI is InChI=1S/C26H40N2O2/c1-19-10-8-9-13-22(19)27-24(29)28(21-11-6-5-7-12-21)16-17-30-23-18-20-14-15-26(23,4)25(20,2)3/h8-10,13,20-21,23H,5-7,11-12,14-18H2,1-4H3,(H,27,29)/t20-,23+,26+/m1/s1. The van der Waals surface area contributed by atoms with Crippen LogP contribution in [0.4, 0.5) is 10.5 Å². The fourth-order valence-electron chi connectivity index (χ4n) is 6.42. The van der Waals surface area contributed by atoms with Crippen LogP contribution in [0, 0.1) is 23.7 Å². The Morgan fingerprint density at radius 3 is 2.50 bits per heavy atom. The summed E-state index contributed by atoms with van der Waals surface area (Å²) < 4.78 is 6.50. The number of ether oxygens (including phenoxy) is 1. The van der Waals surface area contributed by atoms with Gasteiger partial charge in [-0.1, -0.05) is 58.2 Å². The minimum Gasteiger partial charge on any atom is -0.376 e. The van der Waals surface area contributed by atoms with Gasteiger partial charge < -0.3 is 15.0 Å². The summed E-state index contributed by atoms with van der Waals surface area (Å²) in [5, 5.41) is 3.17. The van der Waals surface area contributed by atoms with E-state index in [9.17, 15) is 4.79 Å². The largest absolute Gasteiger partial charge is 0.376 e. The molecule has 0 saturated heterocycles. The summed E-state index contributed by atoms with van der Waals surface area (Å²) in [7, 11) is 0. The SMILES string of the molecule is Cc1ccccc1NC(=O)N(CCO[C@H]1C[C@H]2CC[C@]1(C)C2(C)C)C1CCCCC1. The summed E-state index contributed by atoms with van der Waals surface area (Å²) in [4.78, 5) is 15.3. The molecule has 3 aliphatic carbocycles. The third kappa shape index (κ3) is 3.88. The highest BCUT2D eigenvalue weighted by Gasteiger charge is 2.61. The van der Waals surface area contributed by atoms with E-state index in [-0.39, 0.29) is 11.4 Å². The maximum atomic E-state index is 13.2. The Morgan fingerprint density at radius 1 is 1.13 bits per heavy atom. The first-order valence-electron chi connectivity index (χ1n) is 12.1. The topological polar surface area (TPSA) is 41.6 Å². The van der Waals surface area contributed by atoms with Crippen molar-refractivity contribution in [2.75, 3.05) is 18.5 Å². The maximum Gasteiger partial charge on any atom is 0.322 e. The molecule has 0 radical (unpaired) electrons. The number of hydrogen-bond acceptors (Lipinski definition) is 2. The Hall–Kier alpha value is -1.55. The molecular formula is C26H40N2O2. The summed E-state index contributed by atoms with van der Waals surface area (Å²) >= 11 is 0. The molecule has 30 heavy (non-hydrogen) atoms. The third-order valence-electron chi connectivity index (χ3n) is 9.03. The summed E-state index contributed by atoms with van der Waals surface area (Å²) in [6.45, 7) is 10.6. The van der Waals surface area contributed by atoms with Gasteiger partial charge >= 0.3 is 6.03 Å². The van der Waals surface area contributed by atoms with Crippen LogP contribution < -0.4 is 5.32 Å². The van der Waals surface area contributed by atoms with Gasteiger partial charge in [0.05, 0.1) is 12.7 Å². The van der Waals surface area contributed by atoms with Crippen molar-refractivity contribution in [2.45, 2.75) is 91.2 Å². The second-order valence-electron chi connectivity index (χ2n) is 10.7. The Kier molecular flexibility index (Phi) is 6.16. The van der Waals surface area contributed by atoms with E-state index < -0.39 is 0 Å². The first kappa shape index (κ1) is 21.7. The van der Waals surface area contributed by atoms with E-state index in [0.29, 0.717) is 30.7 Å². The average molecular weight is 413 g/mol. The number of benzene rings is 1. The zero-order chi connectivity index (χ0) is 21.4. The Balaban J connectivity index is 1.39. The number of rotatable bonds is 6. The van der Waals surface area contributed by atoms with E-state index in [1.54, 1.807) is 0 Å². The number of amides is 2. The van der Waals surface area contributed by atoms with Crippen LogP contribution in [-0.4, -0.2) is 36.2 Å². The van der Waals surface area contributed by atoms with Crippen molar-refractivity contribution >= 4 is 11.7 Å². The lowest BCUT2D eigenvalue weighted by atomic mass is 9.70. The smallest absolute Gasteiger partial charge is 0.322 e. The molecule has 3 fully saturated rings. The summed E-state index contributed by atoms with van der Waals surface area (Å²) in [5.41, 5.74) is 2.65. The molecule has 0 spiro atoms. The van der Waals surface area contributed by atoms with E-state index in [1.807, 2.05) is 31.2 Å². The highest BCUT2D eigenvalue weighted by molar-refractivity contribution is 5.90. The highest BCUT2D eigenvalue weighted by Crippen LogP contribution is 2.66. The van der Waals surface area contributed by atoms with Gasteiger partial charge in [0, 0.05) is 18.3 Å². The average Bonchev–Trinajstić information content (AvgIpc) is 3.07. The van der Waals surface area contributed by atoms with Crippen LogP contribution in [0.5, 0.6) is 0 Å². The minimum atomic E-state index is 0.0271. The van der Waals surface area contributed by atoms with Crippen LogP contribution >= 0.6 is 0 Å². The molecule has 4 rings (SSSR count). The number of nitrogens with one attached hydrogen (secondary N) is 1. The quantitative estimate of drug-likeness (QED) is 0.588. The maximum absolute atomic E-state index is 13.2. The second kappa shape index (κ2) is 8.53. The lowest BCUT2D eigenvalue weighted by Gasteiger charge is -2.39. The predicted molar refractivity (Wildman–Crippen MR) is 123 cm³/mol. The van der Waals surface area contributed by atoms with Gasteiger partial charge in [-0.25, -0.2) is 4.79 Å². The zero-order valence-corrected chi connectivity index (χ0v) is 19.4. The van der Waals surface area contributed by atoms with Crippen molar-refractivity contribution in [1.29, 1.82) is 0 Å². The molecule has 1 aromatic rings. The van der Waals surface area contributed by atoms with Crippen LogP contribution in [0.1, 0.15) is 77.7 Å². The Bertz CT molecular complexity index is 755. The fourth-order valence-corrected chi connectivity index (χ4v) is 6.42. The molecule has 0 unspecified atom stereocenters. The molecule has 1 aromatic carbocycles. The van der Waals surface area contributed by atoms with Crippen molar-refractivity contribution in [2.24, 2.45) is 16.7 Å². The lowest BCUT2D eigenvalue weighted by Crippen LogP contribution is -2.46. The number of urea groups is 1. The van der Waals surface area contributed by atoms with Crippen molar-refractivity contribution < 1.29 is 9.53 Å². The third-order valence-corrected chi connectivity index (χ3v) is 9.03. The minimum absolute atomic E-state index is 0.0271. The molecule has 2 amide bonds. The van der Waals surface area contributed by atoms with E-state index in [2.05, 4.69) is 31.0 Å². The summed E-state index contributed by atoms with van der Waals surface area (Å²) in [6.07, 6.45) is 10.1. The fraction of sp³-hybridized carbons (Fsp3) is 0.731. The molecular weight excluding hydrogens is 372 g/mol. The normalized spacial score (nSPS) is 30.4. The van der Waals surface area contributed by atoms with Gasteiger partial charge in [-0.2, -0.15) is 0 Å². The van der Waals surface area contributed by atoms with Crippen LogP contribution in [-0.2, 0) is 4.74 Å². The van der Waals surface area contributed by atoms with Crippen molar-refractivity contribution in [1.82, 2.24) is 4.90 Å². The van der Waals surface area contributed by atoms with Crippen molar-refractivity contribution in [3.8, 4) is 0 Å². The summed E-state index contributed by atoms with van der Waals surface area (Å²) in [6, 6.07) is 8.38. The molecule has 166 valence electrons. The van der Waals surface area contributed by atoms with Crippen LogP contribution in [0.15, 0.2) is 24.3 Å². The van der Waals surface area contributed by atoms with E-state index in [1.165, 1.54) is 38.5 Å². The second-order valence-corrected chi connectivity index (χ2v) is 10.7. The number of carbonyl (C=O) groups excluding carboxylic acids is 1. The summed E-state index contributed by atoms with van der Waals surface area (Å²) in [5.74, 6) is 0.784. The van der Waals surface area contributed by atoms with E-state index >= 15 is 0 Å². The first-order valence-corrected chi connectivity index (χ1v) is 12.1. The first-order chi connectivity index (χ1) is 14.3. The number of aryl methyl sites for hydroxylation is 1. The van der Waals surface area contributed by atoms with Crippen LogP contribution in [0.25, 0.3) is 0 Å². The molecule has 1 N–H and O–H groups in total. The number of hydrogen-bond donors (Lipinski definition) is 1. The lowest BCUT2D eigenvalue weighted by molar-refractivity contribution is -0.0517. The van der Waals surface area contributed by atoms with E-state index in [4.69, 9.17) is 4.74 Å². The van der Waals surface area contributed by atoms with Crippen molar-refractivity contribution in [3.63, 3.8) is 0 Å². The molecule has 4 heteroatoms. The van der Waals surface area contributed by atoms with E-state index in [0.717, 1.165) is 30.0 Å². The van der Waals surface area contributed by atoms with Gasteiger partial charge in [0.2, 0.25) is 0 Å². The van der Waals surface area contributed by atoms with Gasteiger partial charge in [0.25, 0.3) is 0 Å². The van der Waals surface area contributed by atoms with Crippen LogP contribution in [0.3, 0.4) is 0 Å². The predicted octanol–water partition coefficient (Wildman–Crippen LogP) is 6.39. The number of anilines is 1. The van der Waals surface area contributed by atoms with Gasteiger partial charge in [-0.3, -0.25) is 0 Å². The Labute approximate surface area is 182 Å². The van der Waals surface area contributed by atoms with Gasteiger partial charge in [-0.05, 0) is 67.4 Å². The monoisotopic (exact) mass is 412 g/mol. The number of fused-ring (bicyclic) bond motifs is 2. The molecule has 3 aliphatic rings. The molecule has 3 atom stereocenters. The molecule has 0 aromatic heterocycles. The molecule has 0 heterocycles. The zero-order valence-electron chi connectivity index (χ0n) is 19.4. The highest BCUT2D eigenvalue weighted by atomic mass is 16.5. The van der Waals surface area contributed by atoms with Gasteiger partial charge in [0.15, 0.2) is 0 Å². The molecule has 0 aliphatic heterocycles. The van der Waals surface area contributed by atoms with Gasteiger partial charge in [0.1, 0.15) is 0 Å². The van der Waals surface area contributed by atoms with Crippen molar-refractivity contribution in [3.05, 3.63) is 29.8 Å². The molecule has 4 nitrogen and oxygen atoms in total. The number of para-hydroxylation sites is 1. The number of carbonyl (C=O) groups is 1. The Morgan fingerprint density at radius 2 is 1.87 bits per heavy atom. The molecule has 2 bridgehead atoms. The number of nitrogens with zero attached hydrogens (tertiary/aromatic N) is 1. The van der Waals surface area contributed by atoms with Crippen LogP contribution in [0.2, 0.25) is 0 Å². The van der Waals surface area contributed by atoms with Gasteiger partial charge in [-0.15, -0.1) is 0 Å². The molecule has 3 saturated carbocycles.